The fourth-order valence-electron chi connectivity index (χ4n) is 2.63. The van der Waals surface area contributed by atoms with E-state index in [2.05, 4.69) is 21.7 Å². The molecule has 0 fully saturated rings. The summed E-state index contributed by atoms with van der Waals surface area (Å²) in [5.74, 6) is -0.395. The van der Waals surface area contributed by atoms with E-state index in [4.69, 9.17) is 4.74 Å². The highest BCUT2D eigenvalue weighted by Crippen LogP contribution is 2.37. The molecule has 0 aromatic rings. The summed E-state index contributed by atoms with van der Waals surface area (Å²) in [4.78, 5) is 22.9. The predicted octanol–water partition coefficient (Wildman–Crippen LogP) is 2.34. The van der Waals surface area contributed by atoms with Crippen molar-refractivity contribution in [2.45, 2.75) is 90.1 Å². The van der Waals surface area contributed by atoms with Crippen molar-refractivity contribution in [2.75, 3.05) is 26.4 Å². The van der Waals surface area contributed by atoms with Crippen LogP contribution in [0.25, 0.3) is 0 Å². The van der Waals surface area contributed by atoms with Crippen LogP contribution in [-0.2, 0) is 23.1 Å². The molecule has 0 aliphatic heterocycles. The van der Waals surface area contributed by atoms with Crippen molar-refractivity contribution < 1.29 is 38.9 Å². The summed E-state index contributed by atoms with van der Waals surface area (Å²) < 4.78 is 25.2. The van der Waals surface area contributed by atoms with Gasteiger partial charge in [-0.1, -0.05) is 71.1 Å². The number of quaternary nitrogens is 1. The van der Waals surface area contributed by atoms with Gasteiger partial charge in [-0.15, -0.1) is 0 Å². The number of phosphoric acid groups is 1. The fraction of sp³-hybridized carbons (Fsp3) is 0.947. The Bertz CT molecular complexity index is 423. The number of carbonyl (C=O) groups is 1. The summed E-state index contributed by atoms with van der Waals surface area (Å²) in [6, 6.07) is 0. The molecule has 2 unspecified atom stereocenters. The maximum Gasteiger partial charge on any atom is 0.305 e. The van der Waals surface area contributed by atoms with Crippen molar-refractivity contribution in [3.63, 3.8) is 0 Å². The number of unbranched alkanes of at least 4 members (excludes halogenated alkanes) is 10. The molecule has 8 nitrogen and oxygen atoms in total. The van der Waals surface area contributed by atoms with Crippen LogP contribution in [0.2, 0.25) is 0 Å². The van der Waals surface area contributed by atoms with Crippen molar-refractivity contribution in [3.05, 3.63) is 0 Å². The Labute approximate surface area is 169 Å². The van der Waals surface area contributed by atoms with Crippen LogP contribution in [0, 0.1) is 0 Å². The Morgan fingerprint density at radius 3 is 2.04 bits per heavy atom. The number of rotatable bonds is 20. The number of hydrogen-bond donors (Lipinski definition) is 2. The van der Waals surface area contributed by atoms with Crippen LogP contribution in [-0.4, -0.2) is 43.5 Å². The van der Waals surface area contributed by atoms with Crippen molar-refractivity contribution in [1.29, 1.82) is 0 Å². The van der Waals surface area contributed by atoms with E-state index in [1.807, 2.05) is 0 Å². The lowest BCUT2D eigenvalue weighted by molar-refractivity contribution is -0.373. The normalized spacial score (nSPS) is 14.6. The van der Waals surface area contributed by atoms with E-state index in [9.17, 15) is 19.4 Å². The highest BCUT2D eigenvalue weighted by atomic mass is 31.2. The number of aliphatic hydroxyl groups is 1. The SMILES string of the molecule is CCCCCCCCCCCCCC(=O)OCC(O)COP(=O)([O-])OCC[NH3+]. The van der Waals surface area contributed by atoms with Gasteiger partial charge >= 0.3 is 5.97 Å². The Kier molecular flexibility index (Phi) is 18.2. The lowest BCUT2D eigenvalue weighted by Crippen LogP contribution is -2.52. The van der Waals surface area contributed by atoms with E-state index >= 15 is 0 Å². The van der Waals surface area contributed by atoms with Crippen LogP contribution in [0.4, 0.5) is 0 Å². The molecule has 4 N–H and O–H groups in total. The first-order valence-electron chi connectivity index (χ1n) is 10.6. The van der Waals surface area contributed by atoms with E-state index in [0.29, 0.717) is 6.42 Å². The fourth-order valence-corrected chi connectivity index (χ4v) is 3.42. The van der Waals surface area contributed by atoms with Gasteiger partial charge in [-0.2, -0.15) is 0 Å². The van der Waals surface area contributed by atoms with Gasteiger partial charge in [0.1, 0.15) is 19.3 Å². The Morgan fingerprint density at radius 1 is 0.964 bits per heavy atom. The summed E-state index contributed by atoms with van der Waals surface area (Å²) in [5, 5.41) is 9.62. The number of carbonyl (C=O) groups excluding carboxylic acids is 1. The second kappa shape index (κ2) is 18.5. The summed E-state index contributed by atoms with van der Waals surface area (Å²) in [6.45, 7) is 1.62. The van der Waals surface area contributed by atoms with E-state index in [1.54, 1.807) is 0 Å². The summed E-state index contributed by atoms with van der Waals surface area (Å²) in [6.07, 6.45) is 12.3. The molecule has 0 saturated heterocycles. The minimum Gasteiger partial charge on any atom is -0.756 e. The number of hydrogen-bond acceptors (Lipinski definition) is 7. The molecule has 0 spiro atoms. The van der Waals surface area contributed by atoms with Gasteiger partial charge in [-0.25, -0.2) is 0 Å². The Morgan fingerprint density at radius 2 is 1.50 bits per heavy atom. The van der Waals surface area contributed by atoms with Crippen LogP contribution in [0.5, 0.6) is 0 Å². The quantitative estimate of drug-likeness (QED) is 0.174. The van der Waals surface area contributed by atoms with Gasteiger partial charge in [-0.05, 0) is 6.42 Å². The third-order valence-electron chi connectivity index (χ3n) is 4.24. The smallest absolute Gasteiger partial charge is 0.305 e. The Balaban J connectivity index is 3.51. The minimum absolute atomic E-state index is 0.0786. The lowest BCUT2D eigenvalue weighted by Gasteiger charge is -2.23. The average molecular weight is 426 g/mol. The molecule has 0 saturated carbocycles. The molecular formula is C19H40NO7P. The van der Waals surface area contributed by atoms with Crippen molar-refractivity contribution in [3.8, 4) is 0 Å². The molecule has 168 valence electrons. The first kappa shape index (κ1) is 27.5. The van der Waals surface area contributed by atoms with E-state index in [0.717, 1.165) is 19.3 Å². The van der Waals surface area contributed by atoms with Crippen LogP contribution in [0.3, 0.4) is 0 Å². The van der Waals surface area contributed by atoms with Gasteiger partial charge < -0.3 is 29.5 Å². The highest BCUT2D eigenvalue weighted by molar-refractivity contribution is 7.45. The van der Waals surface area contributed by atoms with Crippen LogP contribution >= 0.6 is 7.82 Å². The standard InChI is InChI=1S/C19H40NO7P/c1-2-3-4-5-6-7-8-9-10-11-12-13-19(22)25-16-18(21)17-27-28(23,24)26-15-14-20/h18,21H,2-17,20H2,1H3,(H,23,24). The van der Waals surface area contributed by atoms with Gasteiger partial charge in [0.15, 0.2) is 0 Å². The number of aliphatic hydroxyl groups excluding tert-OH is 1. The number of phosphoric ester groups is 1. The first-order chi connectivity index (χ1) is 13.4. The third-order valence-corrected chi connectivity index (χ3v) is 5.20. The molecule has 0 aliphatic carbocycles. The highest BCUT2D eigenvalue weighted by Gasteiger charge is 2.14. The van der Waals surface area contributed by atoms with Crippen molar-refractivity contribution >= 4 is 13.8 Å². The topological polar surface area (TPSA) is 133 Å². The van der Waals surface area contributed by atoms with Gasteiger partial charge in [0.05, 0.1) is 13.2 Å². The number of esters is 1. The lowest BCUT2D eigenvalue weighted by atomic mass is 10.1. The van der Waals surface area contributed by atoms with Gasteiger partial charge in [-0.3, -0.25) is 9.36 Å². The third kappa shape index (κ3) is 18.8. The van der Waals surface area contributed by atoms with Gasteiger partial charge in [0.25, 0.3) is 7.82 Å². The molecular weight excluding hydrogens is 385 g/mol. The first-order valence-corrected chi connectivity index (χ1v) is 12.1. The van der Waals surface area contributed by atoms with Crippen LogP contribution in [0.1, 0.15) is 84.0 Å². The van der Waals surface area contributed by atoms with E-state index in [-0.39, 0.29) is 19.8 Å². The van der Waals surface area contributed by atoms with Crippen molar-refractivity contribution in [1.82, 2.24) is 0 Å². The molecule has 0 aromatic carbocycles. The molecule has 9 heteroatoms. The molecule has 2 atom stereocenters. The maximum atomic E-state index is 11.6. The molecule has 0 radical (unpaired) electrons. The maximum absolute atomic E-state index is 11.6. The zero-order valence-corrected chi connectivity index (χ0v) is 18.3. The zero-order valence-electron chi connectivity index (χ0n) is 17.4. The summed E-state index contributed by atoms with van der Waals surface area (Å²) in [7, 11) is -4.44. The van der Waals surface area contributed by atoms with Crippen molar-refractivity contribution in [2.24, 2.45) is 0 Å². The monoisotopic (exact) mass is 425 g/mol. The minimum atomic E-state index is -4.44. The molecule has 0 rings (SSSR count). The zero-order chi connectivity index (χ0) is 21.1. The average Bonchev–Trinajstić information content (AvgIpc) is 2.67. The van der Waals surface area contributed by atoms with Gasteiger partial charge in [0, 0.05) is 6.42 Å². The summed E-state index contributed by atoms with van der Waals surface area (Å²) in [5.41, 5.74) is 3.45. The van der Waals surface area contributed by atoms with Crippen LogP contribution < -0.4 is 10.6 Å². The Hall–Kier alpha value is -0.500. The second-order valence-electron chi connectivity index (χ2n) is 7.05. The molecule has 0 amide bonds. The second-order valence-corrected chi connectivity index (χ2v) is 8.46. The summed E-state index contributed by atoms with van der Waals surface area (Å²) >= 11 is 0. The molecule has 28 heavy (non-hydrogen) atoms. The van der Waals surface area contributed by atoms with Crippen LogP contribution in [0.15, 0.2) is 0 Å². The van der Waals surface area contributed by atoms with E-state index < -0.39 is 26.5 Å². The molecule has 0 aliphatic rings. The van der Waals surface area contributed by atoms with E-state index in [1.165, 1.54) is 51.4 Å². The molecule has 0 heterocycles. The predicted molar refractivity (Wildman–Crippen MR) is 105 cm³/mol. The largest absolute Gasteiger partial charge is 0.756 e. The molecule has 0 aromatic heterocycles. The number of ether oxygens (including phenoxy) is 1. The van der Waals surface area contributed by atoms with Gasteiger partial charge in [0.2, 0.25) is 0 Å². The molecule has 0 bridgehead atoms.